The summed E-state index contributed by atoms with van der Waals surface area (Å²) in [5.41, 5.74) is 0.00938. The van der Waals surface area contributed by atoms with Crippen molar-refractivity contribution in [1.29, 1.82) is 0 Å². The van der Waals surface area contributed by atoms with Crippen LogP contribution < -0.4 is 19.6 Å². The Morgan fingerprint density at radius 3 is 2.55 bits per heavy atom. The number of para-hydroxylation sites is 2. The van der Waals surface area contributed by atoms with Gasteiger partial charge >= 0.3 is 5.97 Å². The maximum absolute atomic E-state index is 13.0. The molecule has 1 heterocycles. The Labute approximate surface area is 167 Å². The van der Waals surface area contributed by atoms with Crippen LogP contribution in [0, 0.1) is 6.92 Å². The number of ether oxygens (including phenoxy) is 4. The van der Waals surface area contributed by atoms with Crippen LogP contribution in [0.2, 0.25) is 0 Å². The first-order chi connectivity index (χ1) is 13.9. The Morgan fingerprint density at radius 1 is 1.14 bits per heavy atom. The van der Waals surface area contributed by atoms with E-state index in [4.69, 9.17) is 18.6 Å². The molecule has 2 aromatic carbocycles. The highest BCUT2D eigenvalue weighted by molar-refractivity contribution is 5.80. The molecule has 0 spiro atoms. The average Bonchev–Trinajstić information content (AvgIpc) is 2.71. The summed E-state index contributed by atoms with van der Waals surface area (Å²) >= 11 is 0. The molecule has 0 aliphatic heterocycles. The van der Waals surface area contributed by atoms with Crippen molar-refractivity contribution in [1.82, 2.24) is 0 Å². The van der Waals surface area contributed by atoms with Crippen LogP contribution in [0.25, 0.3) is 11.0 Å². The fraction of sp³-hybridized carbons (Fsp3) is 0.273. The van der Waals surface area contributed by atoms with E-state index < -0.39 is 12.1 Å². The van der Waals surface area contributed by atoms with Gasteiger partial charge in [-0.3, -0.25) is 4.79 Å². The number of methoxy groups -OCH3 is 1. The highest BCUT2D eigenvalue weighted by Crippen LogP contribution is 2.33. The van der Waals surface area contributed by atoms with Gasteiger partial charge in [-0.1, -0.05) is 12.1 Å². The molecular formula is C22H22O7. The predicted molar refractivity (Wildman–Crippen MR) is 107 cm³/mol. The minimum Gasteiger partial charge on any atom is -0.490 e. The summed E-state index contributed by atoms with van der Waals surface area (Å²) in [6.07, 6.45) is -0.789. The lowest BCUT2D eigenvalue weighted by Gasteiger charge is -2.14. The molecule has 0 N–H and O–H groups in total. The second-order valence-electron chi connectivity index (χ2n) is 6.24. The van der Waals surface area contributed by atoms with Crippen LogP contribution in [0.15, 0.2) is 51.7 Å². The zero-order valence-corrected chi connectivity index (χ0v) is 16.7. The lowest BCUT2D eigenvalue weighted by molar-refractivity contribution is -0.147. The monoisotopic (exact) mass is 398 g/mol. The smallest absolute Gasteiger partial charge is 0.346 e. The summed E-state index contributed by atoms with van der Waals surface area (Å²) in [7, 11) is 1.29. The first-order valence-electron chi connectivity index (χ1n) is 9.16. The van der Waals surface area contributed by atoms with E-state index in [0.29, 0.717) is 40.6 Å². The molecule has 0 aliphatic rings. The van der Waals surface area contributed by atoms with Gasteiger partial charge in [0.2, 0.25) is 11.2 Å². The lowest BCUT2D eigenvalue weighted by atomic mass is 10.2. The molecule has 0 bridgehead atoms. The standard InChI is InChI=1S/C22H22O7/c1-5-26-17-8-6-7-9-18(17)29-21-13(2)28-19-12-15(10-11-16(19)20(21)23)27-14(3)22(24)25-4/h6-12,14H,5H2,1-4H3/t14-/m1/s1. The normalized spacial score (nSPS) is 11.7. The molecule has 7 nitrogen and oxygen atoms in total. The molecule has 0 unspecified atom stereocenters. The molecule has 3 aromatic rings. The molecule has 0 aliphatic carbocycles. The lowest BCUT2D eigenvalue weighted by Crippen LogP contribution is -2.24. The number of aryl methyl sites for hydroxylation is 1. The van der Waals surface area contributed by atoms with Crippen molar-refractivity contribution < 1.29 is 28.2 Å². The van der Waals surface area contributed by atoms with Crippen molar-refractivity contribution in [3.63, 3.8) is 0 Å². The first-order valence-corrected chi connectivity index (χ1v) is 9.16. The zero-order valence-electron chi connectivity index (χ0n) is 16.7. The third kappa shape index (κ3) is 4.34. The van der Waals surface area contributed by atoms with E-state index >= 15 is 0 Å². The van der Waals surface area contributed by atoms with Crippen LogP contribution in [0.5, 0.6) is 23.0 Å². The van der Waals surface area contributed by atoms with Gasteiger partial charge in [-0.25, -0.2) is 4.79 Å². The van der Waals surface area contributed by atoms with E-state index in [1.165, 1.54) is 7.11 Å². The van der Waals surface area contributed by atoms with E-state index in [9.17, 15) is 9.59 Å². The molecule has 29 heavy (non-hydrogen) atoms. The maximum Gasteiger partial charge on any atom is 0.346 e. The van der Waals surface area contributed by atoms with Gasteiger partial charge in [0.05, 0.1) is 19.1 Å². The van der Waals surface area contributed by atoms with Crippen molar-refractivity contribution in [2.24, 2.45) is 0 Å². The summed E-state index contributed by atoms with van der Waals surface area (Å²) in [5.74, 6) is 1.24. The highest BCUT2D eigenvalue weighted by Gasteiger charge is 2.18. The van der Waals surface area contributed by atoms with Gasteiger partial charge < -0.3 is 23.4 Å². The quantitative estimate of drug-likeness (QED) is 0.551. The molecule has 0 saturated heterocycles. The van der Waals surface area contributed by atoms with Crippen molar-refractivity contribution >= 4 is 16.9 Å². The van der Waals surface area contributed by atoms with Crippen LogP contribution in [0.1, 0.15) is 19.6 Å². The van der Waals surface area contributed by atoms with Gasteiger partial charge in [-0.05, 0) is 45.0 Å². The van der Waals surface area contributed by atoms with E-state index in [0.717, 1.165) is 0 Å². The Hall–Kier alpha value is -3.48. The van der Waals surface area contributed by atoms with Crippen molar-refractivity contribution in [2.45, 2.75) is 26.9 Å². The van der Waals surface area contributed by atoms with Crippen molar-refractivity contribution in [3.05, 3.63) is 58.4 Å². The summed E-state index contributed by atoms with van der Waals surface area (Å²) in [6, 6.07) is 11.8. The number of rotatable bonds is 7. The van der Waals surface area contributed by atoms with Crippen LogP contribution in [-0.4, -0.2) is 25.8 Å². The van der Waals surface area contributed by atoms with Gasteiger partial charge in [0.25, 0.3) is 0 Å². The van der Waals surface area contributed by atoms with Gasteiger partial charge in [-0.2, -0.15) is 0 Å². The second-order valence-corrected chi connectivity index (χ2v) is 6.24. The number of benzene rings is 2. The average molecular weight is 398 g/mol. The largest absolute Gasteiger partial charge is 0.490 e. The molecule has 7 heteroatoms. The fourth-order valence-corrected chi connectivity index (χ4v) is 2.80. The summed E-state index contributed by atoms with van der Waals surface area (Å²) in [4.78, 5) is 24.5. The number of hydrogen-bond donors (Lipinski definition) is 0. The van der Waals surface area contributed by atoms with E-state index in [1.54, 1.807) is 50.2 Å². The molecule has 1 atom stereocenters. The van der Waals surface area contributed by atoms with Crippen LogP contribution in [0.3, 0.4) is 0 Å². The Kier molecular flexibility index (Phi) is 6.07. The SMILES string of the molecule is CCOc1ccccc1Oc1c(C)oc2cc(O[C@H](C)C(=O)OC)ccc2c1=O. The van der Waals surface area contributed by atoms with Gasteiger partial charge in [0, 0.05) is 6.07 Å². The number of fused-ring (bicyclic) bond motifs is 1. The minimum atomic E-state index is -0.789. The Balaban J connectivity index is 1.96. The van der Waals surface area contributed by atoms with Crippen LogP contribution in [-0.2, 0) is 9.53 Å². The zero-order chi connectivity index (χ0) is 21.0. The molecule has 0 radical (unpaired) electrons. The second kappa shape index (κ2) is 8.68. The van der Waals surface area contributed by atoms with E-state index in [1.807, 2.05) is 13.0 Å². The topological polar surface area (TPSA) is 84.2 Å². The third-order valence-electron chi connectivity index (χ3n) is 4.19. The summed E-state index contributed by atoms with van der Waals surface area (Å²) < 4.78 is 27.4. The molecule has 0 saturated carbocycles. The molecule has 3 rings (SSSR count). The highest BCUT2D eigenvalue weighted by atomic mass is 16.6. The Bertz CT molecular complexity index is 1080. The van der Waals surface area contributed by atoms with E-state index in [-0.39, 0.29) is 11.2 Å². The van der Waals surface area contributed by atoms with Gasteiger partial charge in [0.1, 0.15) is 17.1 Å². The van der Waals surface area contributed by atoms with Gasteiger partial charge in [-0.15, -0.1) is 0 Å². The van der Waals surface area contributed by atoms with Crippen LogP contribution in [0.4, 0.5) is 0 Å². The third-order valence-corrected chi connectivity index (χ3v) is 4.19. The maximum atomic E-state index is 13.0. The number of carbonyl (C=O) groups is 1. The minimum absolute atomic E-state index is 0.0845. The fourth-order valence-electron chi connectivity index (χ4n) is 2.80. The van der Waals surface area contributed by atoms with Crippen molar-refractivity contribution in [3.8, 4) is 23.0 Å². The molecule has 0 amide bonds. The van der Waals surface area contributed by atoms with Crippen LogP contribution >= 0.6 is 0 Å². The first kappa shape index (κ1) is 20.3. The molecule has 1 aromatic heterocycles. The number of esters is 1. The molecule has 0 fully saturated rings. The predicted octanol–water partition coefficient (Wildman–Crippen LogP) is 4.23. The Morgan fingerprint density at radius 2 is 1.86 bits per heavy atom. The molecular weight excluding hydrogens is 376 g/mol. The summed E-state index contributed by atoms with van der Waals surface area (Å²) in [6.45, 7) is 5.56. The number of hydrogen-bond acceptors (Lipinski definition) is 7. The van der Waals surface area contributed by atoms with Gasteiger partial charge in [0.15, 0.2) is 17.6 Å². The van der Waals surface area contributed by atoms with E-state index in [2.05, 4.69) is 4.74 Å². The molecule has 152 valence electrons. The summed E-state index contributed by atoms with van der Waals surface area (Å²) in [5, 5.41) is 0.331. The number of carbonyl (C=O) groups excluding carboxylic acids is 1. The van der Waals surface area contributed by atoms with Crippen molar-refractivity contribution in [2.75, 3.05) is 13.7 Å².